The summed E-state index contributed by atoms with van der Waals surface area (Å²) < 4.78 is 5.53. The molecular weight excluding hydrogens is 284 g/mol. The van der Waals surface area contributed by atoms with E-state index in [1.54, 1.807) is 42.5 Å². The van der Waals surface area contributed by atoms with E-state index in [2.05, 4.69) is 0 Å². The number of carbonyl (C=O) groups is 2. The lowest BCUT2D eigenvalue weighted by molar-refractivity contribution is -0.136. The third-order valence-corrected chi connectivity index (χ3v) is 2.92. The summed E-state index contributed by atoms with van der Waals surface area (Å²) in [5, 5.41) is 17.8. The Bertz CT molecular complexity index is 646. The average molecular weight is 302 g/mol. The van der Waals surface area contributed by atoms with E-state index < -0.39 is 11.9 Å². The molecule has 0 unspecified atom stereocenters. The van der Waals surface area contributed by atoms with Crippen LogP contribution in [0.15, 0.2) is 48.5 Å². The quantitative estimate of drug-likeness (QED) is 0.856. The van der Waals surface area contributed by atoms with E-state index >= 15 is 0 Å². The van der Waals surface area contributed by atoms with Crippen LogP contribution in [0.4, 0.5) is 0 Å². The molecule has 0 spiro atoms. The van der Waals surface area contributed by atoms with Crippen LogP contribution in [0.2, 0.25) is 0 Å². The van der Waals surface area contributed by atoms with Crippen molar-refractivity contribution in [2.75, 3.05) is 0 Å². The van der Waals surface area contributed by atoms with Gasteiger partial charge in [0.25, 0.3) is 0 Å². The predicted octanol–water partition coefficient (Wildman–Crippen LogP) is 3.23. The van der Waals surface area contributed by atoms with E-state index in [0.29, 0.717) is 16.9 Å². The van der Waals surface area contributed by atoms with E-state index in [0.717, 1.165) is 0 Å². The topological polar surface area (TPSA) is 83.8 Å². The van der Waals surface area contributed by atoms with Gasteiger partial charge in [-0.2, -0.15) is 0 Å². The lowest BCUT2D eigenvalue weighted by Gasteiger charge is -2.09. The van der Waals surface area contributed by atoms with E-state index in [-0.39, 0.29) is 26.0 Å². The van der Waals surface area contributed by atoms with Gasteiger partial charge < -0.3 is 14.9 Å². The van der Waals surface area contributed by atoms with Crippen LogP contribution in [-0.2, 0) is 17.8 Å². The Kier molecular flexibility index (Phi) is 6.13. The SMILES string of the molecule is C.O=C(O)Cc1ccc(OCc2ccccc2C(=O)O)cc1. The molecule has 0 amide bonds. The number of aliphatic carboxylic acids is 1. The van der Waals surface area contributed by atoms with Crippen LogP contribution in [0.1, 0.15) is 28.9 Å². The second-order valence-corrected chi connectivity index (χ2v) is 4.47. The van der Waals surface area contributed by atoms with Crippen molar-refractivity contribution in [2.24, 2.45) is 0 Å². The van der Waals surface area contributed by atoms with Gasteiger partial charge in [-0.05, 0) is 23.8 Å². The number of benzene rings is 2. The predicted molar refractivity (Wildman–Crippen MR) is 82.2 cm³/mol. The maximum absolute atomic E-state index is 11.1. The highest BCUT2D eigenvalue weighted by Gasteiger charge is 2.09. The van der Waals surface area contributed by atoms with E-state index in [1.807, 2.05) is 0 Å². The van der Waals surface area contributed by atoms with Crippen molar-refractivity contribution in [1.29, 1.82) is 0 Å². The zero-order valence-corrected chi connectivity index (χ0v) is 11.2. The van der Waals surface area contributed by atoms with Gasteiger partial charge in [-0.25, -0.2) is 4.79 Å². The minimum atomic E-state index is -0.994. The van der Waals surface area contributed by atoms with Crippen molar-refractivity contribution < 1.29 is 24.5 Å². The molecule has 0 aromatic heterocycles. The number of hydrogen-bond donors (Lipinski definition) is 2. The Labute approximate surface area is 128 Å². The molecule has 0 aliphatic rings. The molecule has 0 atom stereocenters. The maximum atomic E-state index is 11.1. The van der Waals surface area contributed by atoms with Gasteiger partial charge in [0.05, 0.1) is 12.0 Å². The largest absolute Gasteiger partial charge is 0.489 e. The maximum Gasteiger partial charge on any atom is 0.336 e. The first-order chi connectivity index (χ1) is 10.1. The fourth-order valence-electron chi connectivity index (χ4n) is 1.89. The van der Waals surface area contributed by atoms with Crippen LogP contribution < -0.4 is 4.74 Å². The zero-order chi connectivity index (χ0) is 15.2. The molecule has 5 heteroatoms. The Hall–Kier alpha value is -2.82. The van der Waals surface area contributed by atoms with E-state index in [1.165, 1.54) is 6.07 Å². The van der Waals surface area contributed by atoms with Crippen molar-refractivity contribution >= 4 is 11.9 Å². The molecule has 0 aliphatic carbocycles. The molecule has 0 saturated heterocycles. The van der Waals surface area contributed by atoms with Crippen LogP contribution in [0.5, 0.6) is 5.75 Å². The van der Waals surface area contributed by atoms with Gasteiger partial charge in [-0.15, -0.1) is 0 Å². The van der Waals surface area contributed by atoms with Crippen LogP contribution in [-0.4, -0.2) is 22.2 Å². The molecule has 22 heavy (non-hydrogen) atoms. The standard InChI is InChI=1S/C16H14O5.CH4/c17-15(18)9-11-5-7-13(8-6-11)21-10-12-3-1-2-4-14(12)16(19)20;/h1-8H,9-10H2,(H,17,18)(H,19,20);1H4. The highest BCUT2D eigenvalue weighted by Crippen LogP contribution is 2.16. The molecule has 2 aromatic carbocycles. The second-order valence-electron chi connectivity index (χ2n) is 4.47. The molecule has 2 N–H and O–H groups in total. The van der Waals surface area contributed by atoms with Crippen LogP contribution in [0.25, 0.3) is 0 Å². The molecule has 0 bridgehead atoms. The summed E-state index contributed by atoms with van der Waals surface area (Å²) in [7, 11) is 0. The van der Waals surface area contributed by atoms with E-state index in [9.17, 15) is 9.59 Å². The molecule has 2 aromatic rings. The third-order valence-electron chi connectivity index (χ3n) is 2.92. The van der Waals surface area contributed by atoms with Crippen molar-refractivity contribution in [3.05, 3.63) is 65.2 Å². The van der Waals surface area contributed by atoms with Crippen molar-refractivity contribution in [1.82, 2.24) is 0 Å². The molecular formula is C17H18O5. The molecule has 0 radical (unpaired) electrons. The van der Waals surface area contributed by atoms with Crippen LogP contribution >= 0.6 is 0 Å². The zero-order valence-electron chi connectivity index (χ0n) is 11.2. The lowest BCUT2D eigenvalue weighted by atomic mass is 10.1. The monoisotopic (exact) mass is 302 g/mol. The summed E-state index contributed by atoms with van der Waals surface area (Å²) in [6.45, 7) is 0.140. The summed E-state index contributed by atoms with van der Waals surface area (Å²) in [6, 6.07) is 13.3. The van der Waals surface area contributed by atoms with Gasteiger partial charge in [-0.1, -0.05) is 37.8 Å². The minimum absolute atomic E-state index is 0. The Morgan fingerprint density at radius 3 is 2.18 bits per heavy atom. The fraction of sp³-hybridized carbons (Fsp3) is 0.176. The number of hydrogen-bond acceptors (Lipinski definition) is 3. The summed E-state index contributed by atoms with van der Waals surface area (Å²) in [5.41, 5.74) is 1.47. The van der Waals surface area contributed by atoms with Gasteiger partial charge >= 0.3 is 11.9 Å². The molecule has 2 rings (SSSR count). The molecule has 0 saturated carbocycles. The van der Waals surface area contributed by atoms with Gasteiger partial charge in [0.2, 0.25) is 0 Å². The second kappa shape index (κ2) is 7.83. The van der Waals surface area contributed by atoms with Crippen LogP contribution in [0, 0.1) is 0 Å². The van der Waals surface area contributed by atoms with Gasteiger partial charge in [-0.3, -0.25) is 4.79 Å². The van der Waals surface area contributed by atoms with Gasteiger partial charge in [0, 0.05) is 5.56 Å². The molecule has 0 heterocycles. The summed E-state index contributed by atoms with van der Waals surface area (Å²) >= 11 is 0. The normalized spacial score (nSPS) is 9.64. The first-order valence-electron chi connectivity index (χ1n) is 6.31. The minimum Gasteiger partial charge on any atom is -0.489 e. The first kappa shape index (κ1) is 17.2. The fourth-order valence-corrected chi connectivity index (χ4v) is 1.89. The van der Waals surface area contributed by atoms with Crippen LogP contribution in [0.3, 0.4) is 0 Å². The number of rotatable bonds is 6. The Morgan fingerprint density at radius 2 is 1.59 bits per heavy atom. The van der Waals surface area contributed by atoms with Gasteiger partial charge in [0.1, 0.15) is 12.4 Å². The number of ether oxygens (including phenoxy) is 1. The molecule has 5 nitrogen and oxygen atoms in total. The summed E-state index contributed by atoms with van der Waals surface area (Å²) in [4.78, 5) is 21.6. The summed E-state index contributed by atoms with van der Waals surface area (Å²) in [6.07, 6.45) is -0.0396. The summed E-state index contributed by atoms with van der Waals surface area (Å²) in [5.74, 6) is -1.32. The number of carboxylic acids is 2. The highest BCUT2D eigenvalue weighted by atomic mass is 16.5. The lowest BCUT2D eigenvalue weighted by Crippen LogP contribution is -2.05. The highest BCUT2D eigenvalue weighted by molar-refractivity contribution is 5.89. The average Bonchev–Trinajstić information content (AvgIpc) is 2.46. The Balaban J connectivity index is 0.00000242. The molecule has 116 valence electrons. The smallest absolute Gasteiger partial charge is 0.336 e. The van der Waals surface area contributed by atoms with Gasteiger partial charge in [0.15, 0.2) is 0 Å². The molecule has 0 aliphatic heterocycles. The number of aromatic carboxylic acids is 1. The third kappa shape index (κ3) is 4.63. The van der Waals surface area contributed by atoms with Crippen molar-refractivity contribution in [3.63, 3.8) is 0 Å². The first-order valence-corrected chi connectivity index (χ1v) is 6.31. The van der Waals surface area contributed by atoms with Crippen molar-refractivity contribution in [3.8, 4) is 5.75 Å². The Morgan fingerprint density at radius 1 is 0.955 bits per heavy atom. The van der Waals surface area contributed by atoms with E-state index in [4.69, 9.17) is 14.9 Å². The molecule has 0 fully saturated rings. The van der Waals surface area contributed by atoms with Crippen molar-refractivity contribution in [2.45, 2.75) is 20.5 Å². The number of carboxylic acid groups (broad SMARTS) is 2.